The monoisotopic (exact) mass is 445 g/mol. The molecule has 0 saturated carbocycles. The Labute approximate surface area is 195 Å². The van der Waals surface area contributed by atoms with Crippen molar-refractivity contribution < 1.29 is 14.0 Å². The number of carbonyl (C=O) groups excluding carboxylic acids is 2. The first-order valence-corrected chi connectivity index (χ1v) is 11.5. The lowest BCUT2D eigenvalue weighted by atomic mass is 10.1. The molecule has 2 atom stereocenters. The molecular weight excluding hydrogens is 414 g/mol. The van der Waals surface area contributed by atoms with E-state index in [1.165, 1.54) is 11.3 Å². The zero-order chi connectivity index (χ0) is 23.4. The number of rotatable bonds is 8. The quantitative estimate of drug-likeness (QED) is 0.503. The highest BCUT2D eigenvalue weighted by atomic mass is 16.3. The Hall–Kier alpha value is -3.54. The fourth-order valence-corrected chi connectivity index (χ4v) is 4.18. The molecule has 1 aliphatic rings. The highest BCUT2D eigenvalue weighted by Crippen LogP contribution is 2.33. The molecule has 2 unspecified atom stereocenters. The summed E-state index contributed by atoms with van der Waals surface area (Å²) in [4.78, 5) is 27.4. The average molecular weight is 446 g/mol. The lowest BCUT2D eigenvalue weighted by Crippen LogP contribution is -2.30. The van der Waals surface area contributed by atoms with Crippen LogP contribution in [-0.4, -0.2) is 17.9 Å². The van der Waals surface area contributed by atoms with Crippen LogP contribution in [0.25, 0.3) is 0 Å². The van der Waals surface area contributed by atoms with Gasteiger partial charge in [0.15, 0.2) is 0 Å². The molecule has 0 saturated heterocycles. The van der Waals surface area contributed by atoms with Gasteiger partial charge >= 0.3 is 0 Å². The van der Waals surface area contributed by atoms with Crippen molar-refractivity contribution in [2.75, 3.05) is 10.2 Å². The summed E-state index contributed by atoms with van der Waals surface area (Å²) in [5.41, 5.74) is 4.72. The maximum Gasteiger partial charge on any atom is 0.255 e. The molecule has 0 spiro atoms. The molecule has 172 valence electrons. The molecule has 4 rings (SSSR count). The van der Waals surface area contributed by atoms with Gasteiger partial charge in [-0.3, -0.25) is 9.59 Å². The minimum Gasteiger partial charge on any atom is -0.467 e. The molecule has 1 aliphatic heterocycles. The highest BCUT2D eigenvalue weighted by molar-refractivity contribution is 5.95. The van der Waals surface area contributed by atoms with Crippen LogP contribution in [0.15, 0.2) is 65.3 Å². The first-order valence-electron chi connectivity index (χ1n) is 11.5. The average Bonchev–Trinajstić information content (AvgIpc) is 3.41. The van der Waals surface area contributed by atoms with Gasteiger partial charge in [-0.2, -0.15) is 0 Å². The minimum absolute atomic E-state index is 0.000519. The third-order valence-corrected chi connectivity index (χ3v) is 6.36. The molecule has 2 N–H and O–H groups in total. The maximum absolute atomic E-state index is 12.9. The SMILES string of the molecule is CCC(C)C(=O)Nc1cccc(CNC(=O)c2ccoc2CN2c3ccccc3CC2C)c1. The van der Waals surface area contributed by atoms with E-state index in [2.05, 4.69) is 40.7 Å². The minimum atomic E-state index is -0.173. The first-order chi connectivity index (χ1) is 16.0. The second-order valence-electron chi connectivity index (χ2n) is 8.75. The summed E-state index contributed by atoms with van der Waals surface area (Å²) in [5.74, 6) is 0.441. The van der Waals surface area contributed by atoms with Gasteiger partial charge in [0.25, 0.3) is 5.91 Å². The fourth-order valence-electron chi connectivity index (χ4n) is 4.18. The number of benzene rings is 2. The van der Waals surface area contributed by atoms with Crippen molar-refractivity contribution in [1.29, 1.82) is 0 Å². The van der Waals surface area contributed by atoms with E-state index in [4.69, 9.17) is 4.42 Å². The van der Waals surface area contributed by atoms with Gasteiger partial charge in [0.05, 0.1) is 18.4 Å². The Bertz CT molecular complexity index is 1140. The standard InChI is InChI=1S/C27H31N3O3/c1-4-18(2)26(31)29-22-10-7-8-20(15-22)16-28-27(32)23-12-13-33-25(23)17-30-19(3)14-21-9-5-6-11-24(21)30/h5-13,15,18-19H,4,14,16-17H2,1-3H3,(H,28,32)(H,29,31). The van der Waals surface area contributed by atoms with Crippen molar-refractivity contribution in [2.45, 2.75) is 52.7 Å². The van der Waals surface area contributed by atoms with Crippen LogP contribution in [0, 0.1) is 5.92 Å². The molecule has 2 aromatic carbocycles. The number of amides is 2. The number of fused-ring (bicyclic) bond motifs is 1. The largest absolute Gasteiger partial charge is 0.467 e. The molecule has 3 aromatic rings. The van der Waals surface area contributed by atoms with Gasteiger partial charge in [-0.05, 0) is 55.2 Å². The Balaban J connectivity index is 1.40. The van der Waals surface area contributed by atoms with Crippen LogP contribution < -0.4 is 15.5 Å². The van der Waals surface area contributed by atoms with Crippen LogP contribution in [0.1, 0.15) is 54.4 Å². The number of carbonyl (C=O) groups is 2. The van der Waals surface area contributed by atoms with E-state index in [0.717, 1.165) is 24.1 Å². The predicted octanol–water partition coefficient (Wildman–Crippen LogP) is 5.15. The van der Waals surface area contributed by atoms with E-state index >= 15 is 0 Å². The maximum atomic E-state index is 12.9. The van der Waals surface area contributed by atoms with Crippen molar-refractivity contribution in [1.82, 2.24) is 5.32 Å². The first kappa shape index (κ1) is 22.6. The zero-order valence-electron chi connectivity index (χ0n) is 19.4. The number of anilines is 2. The van der Waals surface area contributed by atoms with Gasteiger partial charge in [-0.1, -0.05) is 44.2 Å². The number of furan rings is 1. The molecule has 2 heterocycles. The lowest BCUT2D eigenvalue weighted by Gasteiger charge is -2.24. The Kier molecular flexibility index (Phi) is 6.82. The van der Waals surface area contributed by atoms with E-state index in [1.807, 2.05) is 44.2 Å². The Morgan fingerprint density at radius 2 is 1.97 bits per heavy atom. The smallest absolute Gasteiger partial charge is 0.255 e. The highest BCUT2D eigenvalue weighted by Gasteiger charge is 2.28. The van der Waals surface area contributed by atoms with E-state index in [1.54, 1.807) is 12.3 Å². The molecule has 0 radical (unpaired) electrons. The summed E-state index contributed by atoms with van der Waals surface area (Å²) in [6.45, 7) is 6.99. The summed E-state index contributed by atoms with van der Waals surface area (Å²) in [7, 11) is 0. The summed E-state index contributed by atoms with van der Waals surface area (Å²) < 4.78 is 5.71. The fraction of sp³-hybridized carbons (Fsp3) is 0.333. The summed E-state index contributed by atoms with van der Waals surface area (Å²) >= 11 is 0. The van der Waals surface area contributed by atoms with Gasteiger partial charge in [0.1, 0.15) is 5.76 Å². The summed E-state index contributed by atoms with van der Waals surface area (Å²) in [5, 5.41) is 5.92. The summed E-state index contributed by atoms with van der Waals surface area (Å²) in [6, 6.07) is 18.0. The molecule has 1 aromatic heterocycles. The molecule has 0 aliphatic carbocycles. The van der Waals surface area contributed by atoms with Gasteiger partial charge in [0.2, 0.25) is 5.91 Å². The van der Waals surface area contributed by atoms with Crippen molar-refractivity contribution in [2.24, 2.45) is 5.92 Å². The molecule has 6 heteroatoms. The second-order valence-corrected chi connectivity index (χ2v) is 8.75. The Morgan fingerprint density at radius 1 is 1.15 bits per heavy atom. The lowest BCUT2D eigenvalue weighted by molar-refractivity contribution is -0.119. The molecule has 0 fully saturated rings. The Morgan fingerprint density at radius 3 is 2.79 bits per heavy atom. The van der Waals surface area contributed by atoms with E-state index in [-0.39, 0.29) is 17.7 Å². The van der Waals surface area contributed by atoms with Crippen LogP contribution in [-0.2, 0) is 24.3 Å². The number of nitrogens with zero attached hydrogens (tertiary/aromatic N) is 1. The topological polar surface area (TPSA) is 74.6 Å². The van der Waals surface area contributed by atoms with Crippen LogP contribution >= 0.6 is 0 Å². The summed E-state index contributed by atoms with van der Waals surface area (Å²) in [6.07, 6.45) is 3.35. The van der Waals surface area contributed by atoms with E-state index in [0.29, 0.717) is 30.5 Å². The van der Waals surface area contributed by atoms with Crippen LogP contribution in [0.5, 0.6) is 0 Å². The van der Waals surface area contributed by atoms with E-state index < -0.39 is 0 Å². The third-order valence-electron chi connectivity index (χ3n) is 6.36. The van der Waals surface area contributed by atoms with Gasteiger partial charge in [0, 0.05) is 29.9 Å². The number of para-hydroxylation sites is 1. The second kappa shape index (κ2) is 9.94. The van der Waals surface area contributed by atoms with Crippen LogP contribution in [0.3, 0.4) is 0 Å². The zero-order valence-corrected chi connectivity index (χ0v) is 19.4. The number of hydrogen-bond donors (Lipinski definition) is 2. The van der Waals surface area contributed by atoms with Crippen molar-refractivity contribution in [3.8, 4) is 0 Å². The number of hydrogen-bond acceptors (Lipinski definition) is 4. The molecule has 0 bridgehead atoms. The van der Waals surface area contributed by atoms with Gasteiger partial charge in [-0.15, -0.1) is 0 Å². The van der Waals surface area contributed by atoms with Gasteiger partial charge < -0.3 is 20.0 Å². The molecular formula is C27H31N3O3. The normalized spacial score (nSPS) is 15.7. The third kappa shape index (κ3) is 5.11. The van der Waals surface area contributed by atoms with Crippen LogP contribution in [0.4, 0.5) is 11.4 Å². The molecule has 6 nitrogen and oxygen atoms in total. The van der Waals surface area contributed by atoms with E-state index in [9.17, 15) is 9.59 Å². The van der Waals surface area contributed by atoms with Crippen molar-refractivity contribution in [3.05, 3.63) is 83.3 Å². The predicted molar refractivity (Wildman–Crippen MR) is 130 cm³/mol. The van der Waals surface area contributed by atoms with Crippen molar-refractivity contribution >= 4 is 23.2 Å². The molecule has 33 heavy (non-hydrogen) atoms. The number of nitrogens with one attached hydrogen (secondary N) is 2. The van der Waals surface area contributed by atoms with Gasteiger partial charge in [-0.25, -0.2) is 0 Å². The van der Waals surface area contributed by atoms with Crippen LogP contribution in [0.2, 0.25) is 0 Å². The van der Waals surface area contributed by atoms with Crippen molar-refractivity contribution in [3.63, 3.8) is 0 Å². The molecule has 2 amide bonds.